The van der Waals surface area contributed by atoms with Gasteiger partial charge < -0.3 is 10.6 Å². The number of nitrogens with zero attached hydrogens (tertiary/aromatic N) is 1. The molecule has 26 heavy (non-hydrogen) atoms. The monoisotopic (exact) mass is 375 g/mol. The number of halogens is 1. The molecular weight excluding hydrogens is 357 g/mol. The fourth-order valence-corrected chi connectivity index (χ4v) is 4.06. The summed E-state index contributed by atoms with van der Waals surface area (Å²) in [5.41, 5.74) is 1.39. The lowest BCUT2D eigenvalue weighted by Crippen LogP contribution is -2.40. The van der Waals surface area contributed by atoms with Crippen molar-refractivity contribution in [3.8, 4) is 0 Å². The fourth-order valence-electron chi connectivity index (χ4n) is 2.92. The van der Waals surface area contributed by atoms with Gasteiger partial charge in [0.25, 0.3) is 5.69 Å². The van der Waals surface area contributed by atoms with E-state index in [1.807, 2.05) is 6.07 Å². The fraction of sp³-hybridized carbons (Fsp3) is 0.278. The van der Waals surface area contributed by atoms with Crippen molar-refractivity contribution in [3.05, 3.63) is 69.5 Å². The summed E-state index contributed by atoms with van der Waals surface area (Å²) in [7, 11) is 0. The largest absolute Gasteiger partial charge is 0.332 e. The van der Waals surface area contributed by atoms with E-state index in [0.717, 1.165) is 11.3 Å². The summed E-state index contributed by atoms with van der Waals surface area (Å²) in [6.45, 7) is 1.75. The molecular formula is C18H18FN3O3S. The molecule has 2 aromatic carbocycles. The second-order valence-electron chi connectivity index (χ2n) is 6.04. The van der Waals surface area contributed by atoms with E-state index in [-0.39, 0.29) is 17.5 Å². The van der Waals surface area contributed by atoms with Crippen molar-refractivity contribution < 1.29 is 14.1 Å². The SMILES string of the molecule is C[C@H](NC(=O)N[C@@H]1CCSc2c(F)cccc21)c1cccc([N+](=O)[O-])c1. The molecule has 0 unspecified atom stereocenters. The van der Waals surface area contributed by atoms with Crippen LogP contribution in [0.3, 0.4) is 0 Å². The summed E-state index contributed by atoms with van der Waals surface area (Å²) in [5.74, 6) is 0.448. The number of hydrogen-bond acceptors (Lipinski definition) is 4. The predicted molar refractivity (Wildman–Crippen MR) is 97.7 cm³/mol. The Kier molecular flexibility index (Phi) is 5.41. The van der Waals surface area contributed by atoms with Gasteiger partial charge >= 0.3 is 6.03 Å². The Morgan fingerprint density at radius 2 is 2.12 bits per heavy atom. The molecule has 2 atom stereocenters. The first kappa shape index (κ1) is 18.2. The molecule has 2 N–H and O–H groups in total. The molecule has 3 rings (SSSR count). The number of rotatable bonds is 4. The van der Waals surface area contributed by atoms with Crippen LogP contribution < -0.4 is 10.6 Å². The zero-order chi connectivity index (χ0) is 18.7. The third kappa shape index (κ3) is 3.96. The number of nitrogens with one attached hydrogen (secondary N) is 2. The van der Waals surface area contributed by atoms with Crippen molar-refractivity contribution in [1.29, 1.82) is 0 Å². The Morgan fingerprint density at radius 1 is 1.35 bits per heavy atom. The second-order valence-corrected chi connectivity index (χ2v) is 7.14. The van der Waals surface area contributed by atoms with Gasteiger partial charge in [-0.2, -0.15) is 0 Å². The summed E-state index contributed by atoms with van der Waals surface area (Å²) in [6, 6.07) is 9.96. The summed E-state index contributed by atoms with van der Waals surface area (Å²) in [4.78, 5) is 23.3. The number of benzene rings is 2. The van der Waals surface area contributed by atoms with Gasteiger partial charge in [0.2, 0.25) is 0 Å². The maximum Gasteiger partial charge on any atom is 0.315 e. The van der Waals surface area contributed by atoms with Gasteiger partial charge in [-0.1, -0.05) is 24.3 Å². The van der Waals surface area contributed by atoms with Gasteiger partial charge in [0, 0.05) is 22.8 Å². The van der Waals surface area contributed by atoms with E-state index in [1.54, 1.807) is 25.1 Å². The number of urea groups is 1. The number of thioether (sulfide) groups is 1. The first-order valence-electron chi connectivity index (χ1n) is 8.18. The van der Waals surface area contributed by atoms with Gasteiger partial charge in [-0.05, 0) is 30.5 Å². The van der Waals surface area contributed by atoms with Gasteiger partial charge in [0.15, 0.2) is 0 Å². The number of carbonyl (C=O) groups excluding carboxylic acids is 1. The highest BCUT2D eigenvalue weighted by Gasteiger charge is 2.25. The highest BCUT2D eigenvalue weighted by molar-refractivity contribution is 7.99. The van der Waals surface area contributed by atoms with E-state index in [4.69, 9.17) is 0 Å². The zero-order valence-corrected chi connectivity index (χ0v) is 14.9. The molecule has 1 aliphatic rings. The number of carbonyl (C=O) groups is 1. The minimum Gasteiger partial charge on any atom is -0.332 e. The van der Waals surface area contributed by atoms with E-state index in [9.17, 15) is 19.3 Å². The van der Waals surface area contributed by atoms with Crippen molar-refractivity contribution in [1.82, 2.24) is 10.6 Å². The predicted octanol–water partition coefficient (Wildman–Crippen LogP) is 4.33. The van der Waals surface area contributed by atoms with Crippen molar-refractivity contribution in [2.75, 3.05) is 5.75 Å². The van der Waals surface area contributed by atoms with Crippen LogP contribution >= 0.6 is 11.8 Å². The molecule has 0 fully saturated rings. The van der Waals surface area contributed by atoms with E-state index < -0.39 is 17.0 Å². The highest BCUT2D eigenvalue weighted by atomic mass is 32.2. The first-order chi connectivity index (χ1) is 12.5. The number of hydrogen-bond donors (Lipinski definition) is 2. The van der Waals surface area contributed by atoms with E-state index in [2.05, 4.69) is 10.6 Å². The van der Waals surface area contributed by atoms with E-state index in [0.29, 0.717) is 16.9 Å². The summed E-state index contributed by atoms with van der Waals surface area (Å²) in [6.07, 6.45) is 0.708. The van der Waals surface area contributed by atoms with Crippen LogP contribution in [0.5, 0.6) is 0 Å². The van der Waals surface area contributed by atoms with Crippen LogP contribution in [0, 0.1) is 15.9 Å². The third-order valence-electron chi connectivity index (χ3n) is 4.26. The molecule has 8 heteroatoms. The van der Waals surface area contributed by atoms with Crippen LogP contribution in [-0.4, -0.2) is 16.7 Å². The van der Waals surface area contributed by atoms with E-state index >= 15 is 0 Å². The van der Waals surface area contributed by atoms with Crippen LogP contribution in [0.25, 0.3) is 0 Å². The molecule has 0 saturated heterocycles. The maximum atomic E-state index is 13.9. The Hall–Kier alpha value is -2.61. The molecule has 0 radical (unpaired) electrons. The lowest BCUT2D eigenvalue weighted by molar-refractivity contribution is -0.384. The lowest BCUT2D eigenvalue weighted by atomic mass is 10.0. The number of nitro groups is 1. The van der Waals surface area contributed by atoms with E-state index in [1.165, 1.54) is 30.0 Å². The smallest absolute Gasteiger partial charge is 0.315 e. The van der Waals surface area contributed by atoms with Crippen molar-refractivity contribution in [2.24, 2.45) is 0 Å². The summed E-state index contributed by atoms with van der Waals surface area (Å²) >= 11 is 1.45. The molecule has 0 saturated carbocycles. The van der Waals surface area contributed by atoms with Gasteiger partial charge in [-0.25, -0.2) is 9.18 Å². The molecule has 2 amide bonds. The molecule has 0 spiro atoms. The van der Waals surface area contributed by atoms with Crippen molar-refractivity contribution >= 4 is 23.5 Å². The third-order valence-corrected chi connectivity index (χ3v) is 5.42. The summed E-state index contributed by atoms with van der Waals surface area (Å²) < 4.78 is 13.9. The molecule has 1 aliphatic heterocycles. The van der Waals surface area contributed by atoms with Gasteiger partial charge in [-0.3, -0.25) is 10.1 Å². The van der Waals surface area contributed by atoms with Crippen LogP contribution in [0.4, 0.5) is 14.9 Å². The number of fused-ring (bicyclic) bond motifs is 1. The standard InChI is InChI=1S/C18H18FN3O3S/c1-11(12-4-2-5-13(10-12)22(24)25)20-18(23)21-16-8-9-26-17-14(16)6-3-7-15(17)19/h2-7,10-11,16H,8-9H2,1H3,(H2,20,21,23)/t11-,16+/m0/s1. The van der Waals surface area contributed by atoms with Crippen molar-refractivity contribution in [2.45, 2.75) is 30.3 Å². The topological polar surface area (TPSA) is 84.3 Å². The number of non-ortho nitro benzene ring substituents is 1. The Balaban J connectivity index is 1.67. The van der Waals surface area contributed by atoms with Crippen LogP contribution in [0.2, 0.25) is 0 Å². The minimum atomic E-state index is -0.471. The van der Waals surface area contributed by atoms with Gasteiger partial charge in [0.05, 0.1) is 17.0 Å². The molecule has 1 heterocycles. The Morgan fingerprint density at radius 3 is 2.88 bits per heavy atom. The molecule has 0 aliphatic carbocycles. The second kappa shape index (κ2) is 7.74. The highest BCUT2D eigenvalue weighted by Crippen LogP contribution is 2.37. The van der Waals surface area contributed by atoms with Gasteiger partial charge in [0.1, 0.15) is 5.82 Å². The Labute approximate surface area is 154 Å². The van der Waals surface area contributed by atoms with Crippen LogP contribution in [-0.2, 0) is 0 Å². The zero-order valence-electron chi connectivity index (χ0n) is 14.1. The number of amides is 2. The van der Waals surface area contributed by atoms with Gasteiger partial charge in [-0.15, -0.1) is 11.8 Å². The van der Waals surface area contributed by atoms with Crippen LogP contribution in [0.15, 0.2) is 47.4 Å². The van der Waals surface area contributed by atoms with Crippen molar-refractivity contribution in [3.63, 3.8) is 0 Å². The number of nitro benzene ring substituents is 1. The molecule has 0 bridgehead atoms. The molecule has 136 valence electrons. The molecule has 6 nitrogen and oxygen atoms in total. The average Bonchev–Trinajstić information content (AvgIpc) is 2.62. The normalized spacial score (nSPS) is 17.1. The lowest BCUT2D eigenvalue weighted by Gasteiger charge is -2.27. The average molecular weight is 375 g/mol. The first-order valence-corrected chi connectivity index (χ1v) is 9.17. The molecule has 0 aromatic heterocycles. The maximum absolute atomic E-state index is 13.9. The Bertz CT molecular complexity index is 846. The summed E-state index contributed by atoms with van der Waals surface area (Å²) in [5, 5.41) is 16.5. The molecule has 2 aromatic rings. The van der Waals surface area contributed by atoms with Crippen LogP contribution in [0.1, 0.15) is 36.6 Å². The quantitative estimate of drug-likeness (QED) is 0.615. The minimum absolute atomic E-state index is 0.0229.